The lowest BCUT2D eigenvalue weighted by Gasteiger charge is -2.34. The summed E-state index contributed by atoms with van der Waals surface area (Å²) < 4.78 is 14.6. The number of carbonyl (C=O) groups is 1. The molecule has 18 heavy (non-hydrogen) atoms. The minimum atomic E-state index is -4.58. The Morgan fingerprint density at radius 1 is 1.22 bits per heavy atom. The Bertz CT molecular complexity index is 312. The molecule has 1 rings (SSSR count). The van der Waals surface area contributed by atoms with Gasteiger partial charge in [-0.25, -0.2) is 4.57 Å². The van der Waals surface area contributed by atoms with E-state index in [2.05, 4.69) is 9.42 Å². The third kappa shape index (κ3) is 5.90. The highest BCUT2D eigenvalue weighted by molar-refractivity contribution is 7.46. The van der Waals surface area contributed by atoms with Crippen molar-refractivity contribution >= 4 is 13.7 Å². The van der Waals surface area contributed by atoms with Gasteiger partial charge in [-0.2, -0.15) is 0 Å². The topological polar surface area (TPSA) is 111 Å². The van der Waals surface area contributed by atoms with E-state index < -0.39 is 20.3 Å². The van der Waals surface area contributed by atoms with Crippen LogP contribution in [-0.4, -0.2) is 76.5 Å². The molecule has 0 aliphatic carbocycles. The molecule has 1 aliphatic rings. The number of amides is 1. The summed E-state index contributed by atoms with van der Waals surface area (Å²) in [4.78, 5) is 32.2. The lowest BCUT2D eigenvalue weighted by atomic mass is 10.3. The number of rotatable bonds is 6. The maximum absolute atomic E-state index is 11.6. The normalized spacial score (nSPS) is 18.1. The highest BCUT2D eigenvalue weighted by atomic mass is 31.2. The molecule has 0 spiro atoms. The molecule has 0 atom stereocenters. The summed E-state index contributed by atoms with van der Waals surface area (Å²) in [6.45, 7) is 2.75. The van der Waals surface area contributed by atoms with E-state index in [4.69, 9.17) is 14.9 Å². The lowest BCUT2D eigenvalue weighted by molar-refractivity contribution is -0.135. The van der Waals surface area contributed by atoms with Crippen molar-refractivity contribution in [1.29, 1.82) is 0 Å². The number of aliphatic hydroxyl groups excluding tert-OH is 1. The van der Waals surface area contributed by atoms with Crippen LogP contribution >= 0.6 is 7.82 Å². The Morgan fingerprint density at radius 3 is 2.33 bits per heavy atom. The fraction of sp³-hybridized carbons (Fsp3) is 0.889. The van der Waals surface area contributed by atoms with Crippen LogP contribution in [0.1, 0.15) is 6.42 Å². The zero-order valence-corrected chi connectivity index (χ0v) is 11.0. The van der Waals surface area contributed by atoms with Gasteiger partial charge in [-0.3, -0.25) is 14.2 Å². The van der Waals surface area contributed by atoms with Crippen LogP contribution in [0.15, 0.2) is 0 Å². The Balaban J connectivity index is 2.25. The second kappa shape index (κ2) is 7.18. The largest absolute Gasteiger partial charge is 0.470 e. The maximum Gasteiger partial charge on any atom is 0.470 e. The van der Waals surface area contributed by atoms with Gasteiger partial charge in [0.25, 0.3) is 0 Å². The Labute approximate surface area is 105 Å². The molecule has 0 aromatic heterocycles. The van der Waals surface area contributed by atoms with Crippen LogP contribution in [0.4, 0.5) is 0 Å². The first-order valence-corrected chi connectivity index (χ1v) is 7.26. The highest BCUT2D eigenvalue weighted by Gasteiger charge is 2.23. The van der Waals surface area contributed by atoms with E-state index >= 15 is 0 Å². The second-order valence-electron chi connectivity index (χ2n) is 4.06. The number of phosphoric ester groups is 1. The first-order valence-electron chi connectivity index (χ1n) is 5.73. The minimum absolute atomic E-state index is 0.148. The predicted molar refractivity (Wildman–Crippen MR) is 62.7 cm³/mol. The van der Waals surface area contributed by atoms with Crippen molar-refractivity contribution in [2.24, 2.45) is 0 Å². The predicted octanol–water partition coefficient (Wildman–Crippen LogP) is -1.38. The Kier molecular flexibility index (Phi) is 6.20. The molecule has 0 bridgehead atoms. The average Bonchev–Trinajstić information content (AvgIpc) is 2.33. The summed E-state index contributed by atoms with van der Waals surface area (Å²) in [5.41, 5.74) is 0. The van der Waals surface area contributed by atoms with E-state index in [1.165, 1.54) is 4.90 Å². The third-order valence-corrected chi connectivity index (χ3v) is 3.18. The van der Waals surface area contributed by atoms with E-state index in [0.717, 1.165) is 6.54 Å². The van der Waals surface area contributed by atoms with Gasteiger partial charge in [0.05, 0.1) is 0 Å². The molecule has 0 saturated carbocycles. The number of carbonyl (C=O) groups excluding carboxylic acids is 1. The van der Waals surface area contributed by atoms with Crippen molar-refractivity contribution in [2.75, 3.05) is 45.9 Å². The van der Waals surface area contributed by atoms with Crippen molar-refractivity contribution in [3.8, 4) is 0 Å². The monoisotopic (exact) mass is 282 g/mol. The van der Waals surface area contributed by atoms with Crippen LogP contribution in [-0.2, 0) is 13.9 Å². The molecule has 0 radical (unpaired) electrons. The summed E-state index contributed by atoms with van der Waals surface area (Å²) in [5.74, 6) is -0.417. The standard InChI is InChI=1S/C9H19N2O6P/c12-7-1-2-10-3-5-11(6-4-10)9(13)8-17-18(14,15)16/h12H,1-8H2,(H2,14,15,16). The number of aliphatic hydroxyl groups is 1. The van der Waals surface area contributed by atoms with Crippen molar-refractivity contribution < 1.29 is 28.8 Å². The summed E-state index contributed by atoms with van der Waals surface area (Å²) in [6.07, 6.45) is 0.704. The molecule has 0 aromatic rings. The molecule has 1 saturated heterocycles. The van der Waals surface area contributed by atoms with Crippen molar-refractivity contribution in [3.05, 3.63) is 0 Å². The van der Waals surface area contributed by atoms with E-state index in [9.17, 15) is 9.36 Å². The lowest BCUT2D eigenvalue weighted by Crippen LogP contribution is -2.49. The van der Waals surface area contributed by atoms with Crippen molar-refractivity contribution in [1.82, 2.24) is 9.80 Å². The minimum Gasteiger partial charge on any atom is -0.396 e. The molecule has 1 fully saturated rings. The molecule has 0 unspecified atom stereocenters. The molecule has 3 N–H and O–H groups in total. The smallest absolute Gasteiger partial charge is 0.396 e. The Hall–Kier alpha value is -0.500. The van der Waals surface area contributed by atoms with E-state index in [0.29, 0.717) is 32.6 Å². The molecule has 1 aliphatic heterocycles. The molecule has 8 nitrogen and oxygen atoms in total. The van der Waals surface area contributed by atoms with Gasteiger partial charge >= 0.3 is 7.82 Å². The van der Waals surface area contributed by atoms with Gasteiger partial charge in [0.2, 0.25) is 5.91 Å². The molecular weight excluding hydrogens is 263 g/mol. The molecule has 106 valence electrons. The van der Waals surface area contributed by atoms with Crippen LogP contribution in [0.2, 0.25) is 0 Å². The van der Waals surface area contributed by atoms with Gasteiger partial charge < -0.3 is 19.8 Å². The number of nitrogens with zero attached hydrogens (tertiary/aromatic N) is 2. The summed E-state index contributed by atoms with van der Waals surface area (Å²) >= 11 is 0. The second-order valence-corrected chi connectivity index (χ2v) is 5.30. The van der Waals surface area contributed by atoms with Gasteiger partial charge in [-0.05, 0) is 6.42 Å². The Morgan fingerprint density at radius 2 is 1.83 bits per heavy atom. The summed E-state index contributed by atoms with van der Waals surface area (Å²) in [6, 6.07) is 0. The summed E-state index contributed by atoms with van der Waals surface area (Å²) in [5, 5.41) is 8.70. The van der Waals surface area contributed by atoms with Crippen molar-refractivity contribution in [3.63, 3.8) is 0 Å². The van der Waals surface area contributed by atoms with Crippen LogP contribution in [0.3, 0.4) is 0 Å². The molecule has 1 amide bonds. The fourth-order valence-electron chi connectivity index (χ4n) is 1.75. The van der Waals surface area contributed by atoms with E-state index in [1.807, 2.05) is 0 Å². The molecule has 1 heterocycles. The van der Waals surface area contributed by atoms with E-state index in [1.54, 1.807) is 0 Å². The zero-order valence-electron chi connectivity index (χ0n) is 10.1. The highest BCUT2D eigenvalue weighted by Crippen LogP contribution is 2.35. The molecule has 9 heteroatoms. The van der Waals surface area contributed by atoms with Crippen LogP contribution in [0, 0.1) is 0 Å². The zero-order chi connectivity index (χ0) is 13.6. The summed E-state index contributed by atoms with van der Waals surface area (Å²) in [7, 11) is -4.58. The SMILES string of the molecule is O=C(COP(=O)(O)O)N1CCN(CCCO)CC1. The maximum atomic E-state index is 11.6. The quantitative estimate of drug-likeness (QED) is 0.515. The van der Waals surface area contributed by atoms with Crippen molar-refractivity contribution in [2.45, 2.75) is 6.42 Å². The van der Waals surface area contributed by atoms with Gasteiger partial charge in [0.15, 0.2) is 0 Å². The molecular formula is C9H19N2O6P. The number of phosphoric acid groups is 1. The number of hydrogen-bond donors (Lipinski definition) is 3. The number of hydrogen-bond acceptors (Lipinski definition) is 5. The van der Waals surface area contributed by atoms with E-state index in [-0.39, 0.29) is 6.61 Å². The average molecular weight is 282 g/mol. The van der Waals surface area contributed by atoms with Crippen LogP contribution in [0.5, 0.6) is 0 Å². The van der Waals surface area contributed by atoms with Gasteiger partial charge in [0.1, 0.15) is 6.61 Å². The van der Waals surface area contributed by atoms with Crippen LogP contribution in [0.25, 0.3) is 0 Å². The van der Waals surface area contributed by atoms with Crippen LogP contribution < -0.4 is 0 Å². The third-order valence-electron chi connectivity index (χ3n) is 2.71. The van der Waals surface area contributed by atoms with Gasteiger partial charge in [0, 0.05) is 39.3 Å². The first-order chi connectivity index (χ1) is 8.42. The van der Waals surface area contributed by atoms with Gasteiger partial charge in [-0.15, -0.1) is 0 Å². The number of piperazine rings is 1. The fourth-order valence-corrected chi connectivity index (χ4v) is 2.02. The molecule has 0 aromatic carbocycles. The van der Waals surface area contributed by atoms with Gasteiger partial charge in [-0.1, -0.05) is 0 Å². The first kappa shape index (κ1) is 15.6.